The van der Waals surface area contributed by atoms with Crippen LogP contribution in [-0.2, 0) is 0 Å². The maximum atomic E-state index is 13.4. The summed E-state index contributed by atoms with van der Waals surface area (Å²) in [5.41, 5.74) is 8.93. The molecule has 3 aromatic heterocycles. The van der Waals surface area contributed by atoms with Crippen molar-refractivity contribution in [3.63, 3.8) is 0 Å². The van der Waals surface area contributed by atoms with Gasteiger partial charge in [0.2, 0.25) is 0 Å². The van der Waals surface area contributed by atoms with E-state index in [9.17, 15) is 10.1 Å². The smallest absolute Gasteiger partial charge is 0.339 e. The molecular weight excluding hydrogens is 380 g/mol. The summed E-state index contributed by atoms with van der Waals surface area (Å²) in [4.78, 5) is 26.1. The summed E-state index contributed by atoms with van der Waals surface area (Å²) in [6.07, 6.45) is 2.98. The molecule has 0 saturated carbocycles. The van der Waals surface area contributed by atoms with E-state index in [0.29, 0.717) is 11.5 Å². The number of aromatic nitrogens is 5. The Morgan fingerprint density at radius 3 is 2.60 bits per heavy atom. The van der Waals surface area contributed by atoms with Crippen LogP contribution in [0.15, 0.2) is 47.7 Å². The van der Waals surface area contributed by atoms with Gasteiger partial charge in [-0.2, -0.15) is 5.26 Å². The summed E-state index contributed by atoms with van der Waals surface area (Å²) >= 11 is 0. The van der Waals surface area contributed by atoms with E-state index < -0.39 is 6.04 Å². The highest BCUT2D eigenvalue weighted by Crippen LogP contribution is 2.25. The number of hydrogen-bond donors (Lipinski definition) is 2. The van der Waals surface area contributed by atoms with Crippen LogP contribution in [0.5, 0.6) is 0 Å². The van der Waals surface area contributed by atoms with Gasteiger partial charge in [-0.05, 0) is 44.0 Å². The van der Waals surface area contributed by atoms with Gasteiger partial charge < -0.3 is 11.1 Å². The number of hydrogen-bond acceptors (Lipinski definition) is 7. The molecule has 0 aliphatic heterocycles. The number of nitrogens with two attached hydrogens (primary N) is 1. The molecule has 1 atom stereocenters. The first kappa shape index (κ1) is 19.1. The summed E-state index contributed by atoms with van der Waals surface area (Å²) < 4.78 is 3.11. The molecule has 1 unspecified atom stereocenters. The first-order valence-electron chi connectivity index (χ1n) is 9.36. The molecule has 4 aromatic rings. The van der Waals surface area contributed by atoms with Crippen molar-refractivity contribution >= 4 is 17.3 Å². The maximum Gasteiger partial charge on any atom is 0.339 e. The molecule has 0 amide bonds. The Hall–Kier alpha value is -4.19. The van der Waals surface area contributed by atoms with Gasteiger partial charge >= 0.3 is 5.69 Å². The number of rotatable bonds is 4. The Labute approximate surface area is 172 Å². The Morgan fingerprint density at radius 1 is 1.17 bits per heavy atom. The third-order valence-corrected chi connectivity index (χ3v) is 4.97. The van der Waals surface area contributed by atoms with Crippen LogP contribution >= 0.6 is 0 Å². The molecule has 0 fully saturated rings. The Bertz CT molecular complexity index is 1340. The summed E-state index contributed by atoms with van der Waals surface area (Å²) in [7, 11) is 0. The second kappa shape index (κ2) is 7.33. The van der Waals surface area contributed by atoms with Gasteiger partial charge in [0.25, 0.3) is 0 Å². The molecule has 9 nitrogen and oxygen atoms in total. The van der Waals surface area contributed by atoms with Crippen molar-refractivity contribution in [3.8, 4) is 11.8 Å². The van der Waals surface area contributed by atoms with Crippen molar-refractivity contribution in [1.29, 1.82) is 5.26 Å². The largest absolute Gasteiger partial charge is 0.382 e. The minimum Gasteiger partial charge on any atom is -0.382 e. The highest BCUT2D eigenvalue weighted by Gasteiger charge is 2.21. The van der Waals surface area contributed by atoms with Gasteiger partial charge in [-0.25, -0.2) is 24.3 Å². The molecule has 0 saturated heterocycles. The Kier molecular flexibility index (Phi) is 4.68. The SMILES string of the molecule is Cc1cccc(C)c1-n1c(C(C)Nc2ncnc(N)c2C#N)nc2cccn2c1=O. The van der Waals surface area contributed by atoms with Crippen LogP contribution in [-0.4, -0.2) is 23.9 Å². The van der Waals surface area contributed by atoms with Crippen molar-refractivity contribution in [2.75, 3.05) is 11.1 Å². The zero-order valence-electron chi connectivity index (χ0n) is 16.8. The molecule has 1 aromatic carbocycles. The molecule has 0 bridgehead atoms. The molecule has 30 heavy (non-hydrogen) atoms. The molecular formula is C21H20N8O. The van der Waals surface area contributed by atoms with Gasteiger partial charge in [0.05, 0.1) is 11.7 Å². The van der Waals surface area contributed by atoms with Crippen molar-refractivity contribution in [2.24, 2.45) is 0 Å². The van der Waals surface area contributed by atoms with Gasteiger partial charge in [-0.15, -0.1) is 0 Å². The summed E-state index contributed by atoms with van der Waals surface area (Å²) in [6.45, 7) is 5.76. The van der Waals surface area contributed by atoms with Gasteiger partial charge in [-0.1, -0.05) is 18.2 Å². The van der Waals surface area contributed by atoms with Crippen molar-refractivity contribution in [1.82, 2.24) is 23.9 Å². The average Bonchev–Trinajstić information content (AvgIpc) is 3.18. The molecule has 0 spiro atoms. The minimum absolute atomic E-state index is 0.0874. The Morgan fingerprint density at radius 2 is 1.90 bits per heavy atom. The molecule has 0 aliphatic carbocycles. The first-order chi connectivity index (χ1) is 14.4. The van der Waals surface area contributed by atoms with E-state index >= 15 is 0 Å². The van der Waals surface area contributed by atoms with Crippen LogP contribution in [0.3, 0.4) is 0 Å². The fourth-order valence-electron chi connectivity index (χ4n) is 3.55. The van der Waals surface area contributed by atoms with E-state index in [4.69, 9.17) is 10.7 Å². The third-order valence-electron chi connectivity index (χ3n) is 4.97. The maximum absolute atomic E-state index is 13.4. The number of aryl methyl sites for hydroxylation is 2. The number of nitrogens with one attached hydrogen (secondary N) is 1. The molecule has 3 N–H and O–H groups in total. The second-order valence-electron chi connectivity index (χ2n) is 7.03. The number of fused-ring (bicyclic) bond motifs is 1. The molecule has 0 aliphatic rings. The minimum atomic E-state index is -0.460. The topological polar surface area (TPSA) is 127 Å². The predicted octanol–water partition coefficient (Wildman–Crippen LogP) is 2.52. The van der Waals surface area contributed by atoms with E-state index in [0.717, 1.165) is 16.8 Å². The fourth-order valence-corrected chi connectivity index (χ4v) is 3.55. The van der Waals surface area contributed by atoms with E-state index in [1.165, 1.54) is 10.7 Å². The second-order valence-corrected chi connectivity index (χ2v) is 7.03. The van der Waals surface area contributed by atoms with Crippen molar-refractivity contribution < 1.29 is 0 Å². The predicted molar refractivity (Wildman–Crippen MR) is 113 cm³/mol. The van der Waals surface area contributed by atoms with E-state index in [2.05, 4.69) is 15.3 Å². The highest BCUT2D eigenvalue weighted by molar-refractivity contribution is 5.62. The van der Waals surface area contributed by atoms with E-state index in [1.54, 1.807) is 22.9 Å². The van der Waals surface area contributed by atoms with Gasteiger partial charge in [0, 0.05) is 6.20 Å². The summed E-state index contributed by atoms with van der Waals surface area (Å²) in [5.74, 6) is 0.865. The zero-order chi connectivity index (χ0) is 21.4. The summed E-state index contributed by atoms with van der Waals surface area (Å²) in [6, 6.07) is 11.0. The number of nitrogen functional groups attached to an aromatic ring is 1. The summed E-state index contributed by atoms with van der Waals surface area (Å²) in [5, 5.41) is 12.6. The van der Waals surface area contributed by atoms with Gasteiger partial charge in [-0.3, -0.25) is 4.40 Å². The lowest BCUT2D eigenvalue weighted by atomic mass is 10.1. The van der Waals surface area contributed by atoms with Crippen molar-refractivity contribution in [3.05, 3.63) is 75.9 Å². The normalized spacial score (nSPS) is 11.9. The first-order valence-corrected chi connectivity index (χ1v) is 9.36. The fraction of sp³-hybridized carbons (Fsp3) is 0.190. The number of nitrogens with zero attached hydrogens (tertiary/aromatic N) is 6. The standard InChI is InChI=1S/C21H20N8O/c1-12-6-4-7-13(2)17(12)29-20(27-16-8-5-9-28(16)21(29)30)14(3)26-19-15(10-22)18(23)24-11-25-19/h4-9,11,14H,1-3H3,(H3,23,24,25,26). The number of nitriles is 1. The number of anilines is 2. The van der Waals surface area contributed by atoms with Crippen LogP contribution in [0, 0.1) is 25.2 Å². The van der Waals surface area contributed by atoms with Gasteiger partial charge in [0.1, 0.15) is 41.1 Å². The lowest BCUT2D eigenvalue weighted by Crippen LogP contribution is -2.32. The molecule has 150 valence electrons. The Balaban J connectivity index is 1.94. The van der Waals surface area contributed by atoms with Crippen LogP contribution in [0.2, 0.25) is 0 Å². The lowest BCUT2D eigenvalue weighted by molar-refractivity contribution is 0.690. The van der Waals surface area contributed by atoms with Crippen LogP contribution in [0.4, 0.5) is 11.6 Å². The van der Waals surface area contributed by atoms with Crippen LogP contribution in [0.25, 0.3) is 11.3 Å². The van der Waals surface area contributed by atoms with Gasteiger partial charge in [0.15, 0.2) is 0 Å². The molecule has 3 heterocycles. The van der Waals surface area contributed by atoms with Crippen LogP contribution < -0.4 is 16.7 Å². The molecule has 0 radical (unpaired) electrons. The van der Waals surface area contributed by atoms with Crippen molar-refractivity contribution in [2.45, 2.75) is 26.8 Å². The zero-order valence-corrected chi connectivity index (χ0v) is 16.8. The van der Waals surface area contributed by atoms with Crippen LogP contribution in [0.1, 0.15) is 35.5 Å². The quantitative estimate of drug-likeness (QED) is 0.539. The number of para-hydroxylation sites is 1. The lowest BCUT2D eigenvalue weighted by Gasteiger charge is -2.22. The monoisotopic (exact) mass is 400 g/mol. The number of benzene rings is 1. The average molecular weight is 400 g/mol. The third kappa shape index (κ3) is 3.04. The molecule has 4 rings (SSSR count). The highest BCUT2D eigenvalue weighted by atomic mass is 16.1. The van der Waals surface area contributed by atoms with E-state index in [1.807, 2.05) is 45.0 Å². The molecule has 9 heteroatoms. The van der Waals surface area contributed by atoms with E-state index in [-0.39, 0.29) is 22.9 Å².